The summed E-state index contributed by atoms with van der Waals surface area (Å²) >= 11 is 0. The molecular formula is C13H19F3O2Si. The van der Waals surface area contributed by atoms with Crippen molar-refractivity contribution in [2.24, 2.45) is 0 Å². The number of carbonyl (C=O) groups is 1. The van der Waals surface area contributed by atoms with Gasteiger partial charge < -0.3 is 4.43 Å². The Kier molecular flexibility index (Phi) is 4.79. The predicted octanol–water partition coefficient (Wildman–Crippen LogP) is 4.00. The summed E-state index contributed by atoms with van der Waals surface area (Å²) in [5.74, 6) is -0.444. The lowest BCUT2D eigenvalue weighted by Crippen LogP contribution is -2.54. The molecule has 0 spiro atoms. The molecule has 0 aromatic carbocycles. The highest BCUT2D eigenvalue weighted by Crippen LogP contribution is 2.42. The molecule has 0 atom stereocenters. The van der Waals surface area contributed by atoms with Crippen molar-refractivity contribution in [1.82, 2.24) is 0 Å². The molecule has 0 N–H and O–H groups in total. The molecule has 1 rings (SSSR count). The molecule has 0 fully saturated rings. The number of ketones is 1. The van der Waals surface area contributed by atoms with Gasteiger partial charge in [-0.05, 0) is 42.4 Å². The van der Waals surface area contributed by atoms with Crippen molar-refractivity contribution >= 4 is 14.1 Å². The zero-order valence-electron chi connectivity index (χ0n) is 11.4. The van der Waals surface area contributed by atoms with Crippen molar-refractivity contribution in [2.45, 2.75) is 50.7 Å². The molecule has 0 bridgehead atoms. The summed E-state index contributed by atoms with van der Waals surface area (Å²) in [4.78, 5) is 11.1. The molecule has 0 saturated heterocycles. The molecule has 0 saturated carbocycles. The molecule has 0 amide bonds. The minimum absolute atomic E-state index is 0.444. The first-order chi connectivity index (χ1) is 8.74. The Bertz CT molecular complexity index is 371. The first-order valence-electron chi connectivity index (χ1n) is 6.43. The van der Waals surface area contributed by atoms with Gasteiger partial charge in [0.1, 0.15) is 0 Å². The van der Waals surface area contributed by atoms with Crippen molar-refractivity contribution in [3.63, 3.8) is 0 Å². The van der Waals surface area contributed by atoms with Gasteiger partial charge in [0.25, 0.3) is 0 Å². The lowest BCUT2D eigenvalue weighted by molar-refractivity contribution is -0.214. The Morgan fingerprint density at radius 1 is 1.11 bits per heavy atom. The minimum Gasteiger partial charge on any atom is -0.397 e. The number of hydrogen-bond acceptors (Lipinski definition) is 2. The summed E-state index contributed by atoms with van der Waals surface area (Å²) in [7, 11) is -2.44. The van der Waals surface area contributed by atoms with Crippen LogP contribution in [0.25, 0.3) is 0 Å². The van der Waals surface area contributed by atoms with Crippen LogP contribution in [0.2, 0.25) is 18.1 Å². The van der Waals surface area contributed by atoms with Crippen LogP contribution in [0.3, 0.4) is 0 Å². The van der Waals surface area contributed by atoms with Gasteiger partial charge in [-0.25, -0.2) is 0 Å². The van der Waals surface area contributed by atoms with Crippen molar-refractivity contribution in [3.05, 3.63) is 24.3 Å². The maximum absolute atomic E-state index is 13.3. The average Bonchev–Trinajstić information content (AvgIpc) is 2.37. The van der Waals surface area contributed by atoms with E-state index in [1.54, 1.807) is 0 Å². The van der Waals surface area contributed by atoms with Gasteiger partial charge >= 0.3 is 6.18 Å². The quantitative estimate of drug-likeness (QED) is 0.716. The van der Waals surface area contributed by atoms with E-state index in [0.717, 1.165) is 24.3 Å². The molecule has 0 heterocycles. The summed E-state index contributed by atoms with van der Waals surface area (Å²) in [5.41, 5.74) is -2.44. The molecule has 0 aromatic rings. The fraction of sp³-hybridized carbons (Fsp3) is 0.615. The van der Waals surface area contributed by atoms with Crippen LogP contribution in [-0.4, -0.2) is 25.9 Å². The SMILES string of the molecule is CC[Si](CC)(CC)OC1(C(F)(F)F)C=CC(=O)C=C1. The van der Waals surface area contributed by atoms with E-state index in [4.69, 9.17) is 4.43 Å². The molecule has 108 valence electrons. The average molecular weight is 292 g/mol. The predicted molar refractivity (Wildman–Crippen MR) is 70.4 cm³/mol. The number of rotatable bonds is 5. The van der Waals surface area contributed by atoms with E-state index in [9.17, 15) is 18.0 Å². The monoisotopic (exact) mass is 292 g/mol. The second kappa shape index (κ2) is 5.62. The van der Waals surface area contributed by atoms with Gasteiger partial charge in [0, 0.05) is 0 Å². The van der Waals surface area contributed by atoms with Gasteiger partial charge in [0.15, 0.2) is 19.7 Å². The number of allylic oxidation sites excluding steroid dienone is 2. The largest absolute Gasteiger partial charge is 0.423 e. The van der Waals surface area contributed by atoms with E-state index in [-0.39, 0.29) is 0 Å². The van der Waals surface area contributed by atoms with Gasteiger partial charge in [0.05, 0.1) is 0 Å². The molecule has 2 nitrogen and oxygen atoms in total. The summed E-state index contributed by atoms with van der Waals surface area (Å²) in [6.07, 6.45) is -0.990. The molecule has 0 aromatic heterocycles. The number of hydrogen-bond donors (Lipinski definition) is 0. The van der Waals surface area contributed by atoms with E-state index in [2.05, 4.69) is 0 Å². The van der Waals surface area contributed by atoms with Gasteiger partial charge in [-0.15, -0.1) is 0 Å². The smallest absolute Gasteiger partial charge is 0.397 e. The third kappa shape index (κ3) is 3.17. The maximum atomic E-state index is 13.3. The molecule has 1 aliphatic rings. The van der Waals surface area contributed by atoms with Gasteiger partial charge in [-0.1, -0.05) is 20.8 Å². The van der Waals surface area contributed by atoms with Crippen LogP contribution >= 0.6 is 0 Å². The molecule has 19 heavy (non-hydrogen) atoms. The van der Waals surface area contributed by atoms with Crippen LogP contribution in [0.1, 0.15) is 20.8 Å². The third-order valence-corrected chi connectivity index (χ3v) is 8.39. The first kappa shape index (κ1) is 16.2. The van der Waals surface area contributed by atoms with Gasteiger partial charge in [-0.2, -0.15) is 13.2 Å². The van der Waals surface area contributed by atoms with Crippen LogP contribution in [0, 0.1) is 0 Å². The lowest BCUT2D eigenvalue weighted by Gasteiger charge is -2.40. The van der Waals surface area contributed by atoms with E-state index in [1.165, 1.54) is 0 Å². The second-order valence-corrected chi connectivity index (χ2v) is 9.40. The van der Waals surface area contributed by atoms with E-state index < -0.39 is 25.9 Å². The highest BCUT2D eigenvalue weighted by Gasteiger charge is 2.56. The van der Waals surface area contributed by atoms with E-state index in [1.807, 2.05) is 20.8 Å². The van der Waals surface area contributed by atoms with Crippen molar-refractivity contribution in [2.75, 3.05) is 0 Å². The Morgan fingerprint density at radius 3 is 1.84 bits per heavy atom. The summed E-state index contributed by atoms with van der Waals surface area (Å²) in [6.45, 7) is 5.60. The standard InChI is InChI=1S/C13H19F3O2Si/c1-4-19(5-2,6-3)18-12(13(14,15)16)9-7-11(17)8-10-12/h7-10H,4-6H2,1-3H3. The fourth-order valence-electron chi connectivity index (χ4n) is 2.16. The van der Waals surface area contributed by atoms with Crippen LogP contribution in [0.4, 0.5) is 13.2 Å². The van der Waals surface area contributed by atoms with Crippen LogP contribution in [-0.2, 0) is 9.22 Å². The molecule has 1 aliphatic carbocycles. The number of alkyl halides is 3. The molecule has 0 aliphatic heterocycles. The maximum Gasteiger partial charge on any atom is 0.423 e. The van der Waals surface area contributed by atoms with Crippen molar-refractivity contribution in [3.8, 4) is 0 Å². The Balaban J connectivity index is 3.18. The van der Waals surface area contributed by atoms with Crippen LogP contribution in [0.5, 0.6) is 0 Å². The Hall–Kier alpha value is -0.883. The van der Waals surface area contributed by atoms with Gasteiger partial charge in [-0.3, -0.25) is 4.79 Å². The Labute approximate surface area is 112 Å². The van der Waals surface area contributed by atoms with E-state index in [0.29, 0.717) is 18.1 Å². The van der Waals surface area contributed by atoms with Crippen molar-refractivity contribution < 1.29 is 22.4 Å². The van der Waals surface area contributed by atoms with Gasteiger partial charge in [0.2, 0.25) is 0 Å². The van der Waals surface area contributed by atoms with Crippen molar-refractivity contribution in [1.29, 1.82) is 0 Å². The minimum atomic E-state index is -4.56. The highest BCUT2D eigenvalue weighted by molar-refractivity contribution is 6.73. The molecular weight excluding hydrogens is 273 g/mol. The second-order valence-electron chi connectivity index (χ2n) is 4.71. The van der Waals surface area contributed by atoms with Crippen LogP contribution < -0.4 is 0 Å². The molecule has 0 unspecified atom stereocenters. The molecule has 6 heteroatoms. The highest BCUT2D eigenvalue weighted by atomic mass is 28.4. The fourth-order valence-corrected chi connectivity index (χ4v) is 5.06. The number of carbonyl (C=O) groups excluding carboxylic acids is 1. The number of halogens is 3. The summed E-state index contributed by atoms with van der Waals surface area (Å²) in [5, 5.41) is 0. The summed E-state index contributed by atoms with van der Waals surface area (Å²) in [6, 6.07) is 1.86. The zero-order chi connectivity index (χ0) is 14.7. The van der Waals surface area contributed by atoms with E-state index >= 15 is 0 Å². The third-order valence-electron chi connectivity index (χ3n) is 3.75. The zero-order valence-corrected chi connectivity index (χ0v) is 12.4. The topological polar surface area (TPSA) is 26.3 Å². The normalized spacial score (nSPS) is 18.9. The lowest BCUT2D eigenvalue weighted by atomic mass is 9.97. The van der Waals surface area contributed by atoms with Crippen LogP contribution in [0.15, 0.2) is 24.3 Å². The summed E-state index contributed by atoms with van der Waals surface area (Å²) < 4.78 is 45.7. The Morgan fingerprint density at radius 2 is 1.53 bits per heavy atom. The molecule has 0 radical (unpaired) electrons. The first-order valence-corrected chi connectivity index (χ1v) is 8.96.